The third-order valence-corrected chi connectivity index (χ3v) is 3.27. The summed E-state index contributed by atoms with van der Waals surface area (Å²) in [5, 5.41) is 0. The molecule has 0 spiro atoms. The smallest absolute Gasteiger partial charge is 0.146 e. The number of hydrogen-bond acceptors (Lipinski definition) is 3. The molecular formula is C14H21FN2O. The monoisotopic (exact) mass is 252 g/mol. The van der Waals surface area contributed by atoms with Crippen LogP contribution in [0.4, 0.5) is 10.1 Å². The first-order chi connectivity index (χ1) is 8.81. The lowest BCUT2D eigenvalue weighted by atomic mass is 10.2. The molecule has 1 aliphatic rings. The normalized spacial score (nSPS) is 19.1. The number of nitrogens with two attached hydrogens (primary N) is 1. The number of halogens is 1. The van der Waals surface area contributed by atoms with Crippen LogP contribution in [0.3, 0.4) is 0 Å². The number of rotatable bonds is 6. The molecule has 1 heterocycles. The van der Waals surface area contributed by atoms with Gasteiger partial charge in [0.1, 0.15) is 5.82 Å². The van der Waals surface area contributed by atoms with Gasteiger partial charge in [0, 0.05) is 19.7 Å². The number of anilines is 1. The average Bonchev–Trinajstić information content (AvgIpc) is 2.88. The van der Waals surface area contributed by atoms with E-state index in [1.165, 1.54) is 6.07 Å². The lowest BCUT2D eigenvalue weighted by Crippen LogP contribution is -2.34. The minimum atomic E-state index is -0.174. The van der Waals surface area contributed by atoms with Gasteiger partial charge >= 0.3 is 0 Å². The van der Waals surface area contributed by atoms with Crippen molar-refractivity contribution in [2.45, 2.75) is 25.4 Å². The highest BCUT2D eigenvalue weighted by Crippen LogP contribution is 2.22. The second-order valence-electron chi connectivity index (χ2n) is 4.67. The van der Waals surface area contributed by atoms with E-state index in [9.17, 15) is 4.39 Å². The maximum absolute atomic E-state index is 13.8. The highest BCUT2D eigenvalue weighted by atomic mass is 19.1. The Kier molecular flexibility index (Phi) is 4.96. The lowest BCUT2D eigenvalue weighted by molar-refractivity contribution is 0.115. The van der Waals surface area contributed by atoms with E-state index in [4.69, 9.17) is 10.5 Å². The molecular weight excluding hydrogens is 231 g/mol. The van der Waals surface area contributed by atoms with Gasteiger partial charge in [-0.25, -0.2) is 4.39 Å². The zero-order valence-electron chi connectivity index (χ0n) is 10.6. The standard InChI is InChI=1S/C14H21FN2O/c15-13-6-1-2-7-14(13)17(9-4-8-16)11-12-5-3-10-18-12/h1-2,6-7,12H,3-5,8-11,16H2. The highest BCUT2D eigenvalue weighted by molar-refractivity contribution is 5.47. The Balaban J connectivity index is 2.06. The molecule has 1 aromatic rings. The molecule has 1 aromatic carbocycles. The summed E-state index contributed by atoms with van der Waals surface area (Å²) in [6.07, 6.45) is 3.25. The topological polar surface area (TPSA) is 38.5 Å². The fourth-order valence-electron chi connectivity index (χ4n) is 2.33. The van der Waals surface area contributed by atoms with Crippen molar-refractivity contribution in [1.29, 1.82) is 0 Å². The van der Waals surface area contributed by atoms with Gasteiger partial charge in [-0.05, 0) is 37.9 Å². The third-order valence-electron chi connectivity index (χ3n) is 3.27. The molecule has 18 heavy (non-hydrogen) atoms. The quantitative estimate of drug-likeness (QED) is 0.843. The molecule has 1 saturated heterocycles. The summed E-state index contributed by atoms with van der Waals surface area (Å²) in [4.78, 5) is 2.05. The second-order valence-corrected chi connectivity index (χ2v) is 4.67. The molecule has 1 unspecified atom stereocenters. The molecule has 1 fully saturated rings. The second kappa shape index (κ2) is 6.71. The van der Waals surface area contributed by atoms with E-state index in [0.717, 1.165) is 39.0 Å². The maximum atomic E-state index is 13.8. The van der Waals surface area contributed by atoms with Crippen molar-refractivity contribution in [3.05, 3.63) is 30.1 Å². The molecule has 0 radical (unpaired) electrons. The first-order valence-electron chi connectivity index (χ1n) is 6.62. The molecule has 0 aliphatic carbocycles. The van der Waals surface area contributed by atoms with E-state index in [2.05, 4.69) is 4.90 Å². The van der Waals surface area contributed by atoms with Crippen molar-refractivity contribution in [3.8, 4) is 0 Å². The Bertz CT molecular complexity index is 367. The first-order valence-corrected chi connectivity index (χ1v) is 6.62. The van der Waals surface area contributed by atoms with Crippen molar-refractivity contribution in [1.82, 2.24) is 0 Å². The fraction of sp³-hybridized carbons (Fsp3) is 0.571. The van der Waals surface area contributed by atoms with E-state index in [0.29, 0.717) is 12.2 Å². The van der Waals surface area contributed by atoms with Gasteiger partial charge < -0.3 is 15.4 Å². The Labute approximate surface area is 108 Å². The van der Waals surface area contributed by atoms with Gasteiger partial charge in [-0.3, -0.25) is 0 Å². The Hall–Kier alpha value is -1.13. The molecule has 2 N–H and O–H groups in total. The predicted octanol–water partition coefficient (Wildman–Crippen LogP) is 2.16. The van der Waals surface area contributed by atoms with Crippen molar-refractivity contribution < 1.29 is 9.13 Å². The van der Waals surface area contributed by atoms with E-state index in [1.807, 2.05) is 12.1 Å². The minimum absolute atomic E-state index is 0.174. The molecule has 4 heteroatoms. The number of para-hydroxylation sites is 1. The Morgan fingerprint density at radius 2 is 2.22 bits per heavy atom. The summed E-state index contributed by atoms with van der Waals surface area (Å²) in [6.45, 7) is 2.97. The summed E-state index contributed by atoms with van der Waals surface area (Å²) in [7, 11) is 0. The van der Waals surface area contributed by atoms with Gasteiger partial charge in [-0.15, -0.1) is 0 Å². The number of ether oxygens (including phenoxy) is 1. The van der Waals surface area contributed by atoms with E-state index >= 15 is 0 Å². The molecule has 3 nitrogen and oxygen atoms in total. The van der Waals surface area contributed by atoms with E-state index in [-0.39, 0.29) is 11.9 Å². The van der Waals surface area contributed by atoms with Gasteiger partial charge in [0.15, 0.2) is 0 Å². The average molecular weight is 252 g/mol. The largest absolute Gasteiger partial charge is 0.376 e. The van der Waals surface area contributed by atoms with Crippen molar-refractivity contribution in [2.75, 3.05) is 31.1 Å². The van der Waals surface area contributed by atoms with Crippen molar-refractivity contribution in [2.24, 2.45) is 5.73 Å². The Morgan fingerprint density at radius 1 is 1.39 bits per heavy atom. The number of nitrogens with zero attached hydrogens (tertiary/aromatic N) is 1. The van der Waals surface area contributed by atoms with Gasteiger partial charge in [-0.2, -0.15) is 0 Å². The summed E-state index contributed by atoms with van der Waals surface area (Å²) >= 11 is 0. The lowest BCUT2D eigenvalue weighted by Gasteiger charge is -2.27. The van der Waals surface area contributed by atoms with Crippen molar-refractivity contribution in [3.63, 3.8) is 0 Å². The van der Waals surface area contributed by atoms with Crippen LogP contribution in [0.2, 0.25) is 0 Å². The van der Waals surface area contributed by atoms with Crippen LogP contribution in [0.5, 0.6) is 0 Å². The van der Waals surface area contributed by atoms with Gasteiger partial charge in [-0.1, -0.05) is 12.1 Å². The fourth-order valence-corrected chi connectivity index (χ4v) is 2.33. The summed E-state index contributed by atoms with van der Waals surface area (Å²) in [6, 6.07) is 6.90. The van der Waals surface area contributed by atoms with Crippen LogP contribution in [0.1, 0.15) is 19.3 Å². The van der Waals surface area contributed by atoms with E-state index < -0.39 is 0 Å². The number of hydrogen-bond donors (Lipinski definition) is 1. The van der Waals surface area contributed by atoms with Gasteiger partial charge in [0.05, 0.1) is 11.8 Å². The van der Waals surface area contributed by atoms with Crippen LogP contribution < -0.4 is 10.6 Å². The summed E-state index contributed by atoms with van der Waals surface area (Å²) in [5.74, 6) is -0.174. The first kappa shape index (κ1) is 13.3. The molecule has 0 saturated carbocycles. The van der Waals surface area contributed by atoms with Crippen LogP contribution in [0.25, 0.3) is 0 Å². The maximum Gasteiger partial charge on any atom is 0.146 e. The van der Waals surface area contributed by atoms with E-state index in [1.54, 1.807) is 6.07 Å². The molecule has 0 amide bonds. The predicted molar refractivity (Wildman–Crippen MR) is 71.3 cm³/mol. The summed E-state index contributed by atoms with van der Waals surface area (Å²) in [5.41, 5.74) is 6.20. The molecule has 1 atom stereocenters. The highest BCUT2D eigenvalue weighted by Gasteiger charge is 2.20. The molecule has 2 rings (SSSR count). The molecule has 100 valence electrons. The zero-order valence-corrected chi connectivity index (χ0v) is 10.6. The summed E-state index contributed by atoms with van der Waals surface area (Å²) < 4.78 is 19.5. The van der Waals surface area contributed by atoms with Crippen LogP contribution in [0, 0.1) is 5.82 Å². The Morgan fingerprint density at radius 3 is 2.89 bits per heavy atom. The molecule has 0 aromatic heterocycles. The zero-order chi connectivity index (χ0) is 12.8. The SMILES string of the molecule is NCCCN(CC1CCCO1)c1ccccc1F. The molecule has 1 aliphatic heterocycles. The van der Waals surface area contributed by atoms with Crippen molar-refractivity contribution >= 4 is 5.69 Å². The number of benzene rings is 1. The third kappa shape index (κ3) is 3.43. The van der Waals surface area contributed by atoms with Gasteiger partial charge in [0.2, 0.25) is 0 Å². The van der Waals surface area contributed by atoms with Crippen LogP contribution >= 0.6 is 0 Å². The molecule has 0 bridgehead atoms. The minimum Gasteiger partial charge on any atom is -0.376 e. The van der Waals surface area contributed by atoms with Crippen LogP contribution in [-0.2, 0) is 4.74 Å². The van der Waals surface area contributed by atoms with Crippen LogP contribution in [-0.4, -0.2) is 32.3 Å². The van der Waals surface area contributed by atoms with Crippen LogP contribution in [0.15, 0.2) is 24.3 Å². The van der Waals surface area contributed by atoms with Gasteiger partial charge in [0.25, 0.3) is 0 Å².